The summed E-state index contributed by atoms with van der Waals surface area (Å²) >= 11 is 0. The van der Waals surface area contributed by atoms with Crippen molar-refractivity contribution in [3.63, 3.8) is 0 Å². The Morgan fingerprint density at radius 1 is 0.815 bits per heavy atom. The molecule has 0 radical (unpaired) electrons. The largest absolute Gasteiger partial charge is 0.354 e. The van der Waals surface area contributed by atoms with E-state index in [9.17, 15) is 23.2 Å². The first-order chi connectivity index (χ1) is 26.2. The Morgan fingerprint density at radius 2 is 1.67 bits per heavy atom. The zero-order valence-electron chi connectivity index (χ0n) is 29.2. The molecule has 3 fully saturated rings. The van der Waals surface area contributed by atoms with Crippen molar-refractivity contribution >= 4 is 35.0 Å². The maximum absolute atomic E-state index is 15.8. The van der Waals surface area contributed by atoms with Crippen LogP contribution in [0.4, 0.5) is 24.8 Å². The molecule has 7 heterocycles. The van der Waals surface area contributed by atoms with Crippen molar-refractivity contribution in [3.05, 3.63) is 107 Å². The fourth-order valence-electron chi connectivity index (χ4n) is 8.23. The van der Waals surface area contributed by atoms with Crippen LogP contribution in [-0.2, 0) is 22.7 Å². The Labute approximate surface area is 308 Å². The summed E-state index contributed by atoms with van der Waals surface area (Å²) in [5.41, 5.74) is 3.40. The van der Waals surface area contributed by atoms with Crippen LogP contribution in [0.15, 0.2) is 67.0 Å². The summed E-state index contributed by atoms with van der Waals surface area (Å²) in [7, 11) is 0. The monoisotopic (exact) mass is 735 g/mol. The predicted octanol–water partition coefficient (Wildman–Crippen LogP) is 4.63. The molecule has 12 nitrogen and oxygen atoms in total. The normalized spacial score (nSPS) is 20.6. The molecule has 3 saturated heterocycles. The van der Waals surface area contributed by atoms with Gasteiger partial charge in [0.05, 0.1) is 30.0 Å². The molecule has 4 aliphatic heterocycles. The van der Waals surface area contributed by atoms with Crippen molar-refractivity contribution in [1.29, 1.82) is 0 Å². The Bertz CT molecular complexity index is 2330. The molecule has 15 heteroatoms. The van der Waals surface area contributed by atoms with E-state index in [2.05, 4.69) is 20.2 Å². The Hall–Kier alpha value is -5.83. The van der Waals surface area contributed by atoms with Gasteiger partial charge in [-0.05, 0) is 61.7 Å². The molecule has 0 aliphatic carbocycles. The minimum Gasteiger partial charge on any atom is -0.354 e. The number of carbonyl (C=O) groups is 3. The predicted molar refractivity (Wildman–Crippen MR) is 192 cm³/mol. The van der Waals surface area contributed by atoms with Crippen molar-refractivity contribution in [2.75, 3.05) is 42.5 Å². The first-order valence-corrected chi connectivity index (χ1v) is 18.2. The van der Waals surface area contributed by atoms with E-state index in [4.69, 9.17) is 9.97 Å². The number of aromatic nitrogens is 4. The Morgan fingerprint density at radius 3 is 2.50 bits per heavy atom. The second-order valence-corrected chi connectivity index (χ2v) is 14.2. The molecule has 0 saturated carbocycles. The van der Waals surface area contributed by atoms with E-state index >= 15 is 4.39 Å². The number of hydrogen-bond acceptors (Lipinski definition) is 9. The number of hydrogen-bond donors (Lipinski definition) is 1. The number of anilines is 2. The van der Waals surface area contributed by atoms with Crippen molar-refractivity contribution in [2.24, 2.45) is 0 Å². The maximum atomic E-state index is 15.8. The number of rotatable bonds is 7. The number of fused-ring (bicyclic) bond motifs is 2. The van der Waals surface area contributed by atoms with Crippen LogP contribution in [0, 0.1) is 17.5 Å². The number of carbonyl (C=O) groups excluding carboxylic acids is 3. The molecule has 3 amide bonds. The molecule has 54 heavy (non-hydrogen) atoms. The highest BCUT2D eigenvalue weighted by atomic mass is 19.1. The molecule has 2 atom stereocenters. The van der Waals surface area contributed by atoms with E-state index in [-0.39, 0.29) is 42.5 Å². The lowest BCUT2D eigenvalue weighted by Gasteiger charge is -2.35. The molecule has 0 spiro atoms. The van der Waals surface area contributed by atoms with Crippen molar-refractivity contribution < 1.29 is 27.6 Å². The molecule has 2 aromatic carbocycles. The summed E-state index contributed by atoms with van der Waals surface area (Å²) in [5, 5.41) is 6.79. The van der Waals surface area contributed by atoms with Crippen LogP contribution in [0.2, 0.25) is 0 Å². The van der Waals surface area contributed by atoms with E-state index in [0.717, 1.165) is 23.9 Å². The average molecular weight is 736 g/mol. The van der Waals surface area contributed by atoms with Gasteiger partial charge in [-0.15, -0.1) is 0 Å². The molecule has 4 aliphatic rings. The van der Waals surface area contributed by atoms with Gasteiger partial charge in [0.25, 0.3) is 5.91 Å². The zero-order valence-corrected chi connectivity index (χ0v) is 29.2. The lowest BCUT2D eigenvalue weighted by Crippen LogP contribution is -2.52. The summed E-state index contributed by atoms with van der Waals surface area (Å²) in [4.78, 5) is 54.8. The van der Waals surface area contributed by atoms with Crippen LogP contribution >= 0.6 is 0 Å². The van der Waals surface area contributed by atoms with Gasteiger partial charge in [0.2, 0.25) is 11.8 Å². The van der Waals surface area contributed by atoms with Gasteiger partial charge in [0, 0.05) is 74.1 Å². The second kappa shape index (κ2) is 13.5. The smallest absolute Gasteiger partial charge is 0.255 e. The van der Waals surface area contributed by atoms with Gasteiger partial charge in [-0.3, -0.25) is 24.6 Å². The van der Waals surface area contributed by atoms with Crippen molar-refractivity contribution in [2.45, 2.75) is 50.9 Å². The number of halogens is 3. The molecular formula is C39H36F3N9O3. The number of piperidine rings is 1. The summed E-state index contributed by atoms with van der Waals surface area (Å²) in [6.07, 6.45) is 5.41. The van der Waals surface area contributed by atoms with Crippen molar-refractivity contribution in [3.8, 4) is 11.3 Å². The molecular weight excluding hydrogens is 699 g/mol. The number of piperazine rings is 1. The average Bonchev–Trinajstić information content (AvgIpc) is 3.92. The highest BCUT2D eigenvalue weighted by Gasteiger charge is 2.40. The number of nitrogens with one attached hydrogen (secondary N) is 1. The van der Waals surface area contributed by atoms with Crippen LogP contribution in [0.5, 0.6) is 0 Å². The van der Waals surface area contributed by atoms with E-state index in [1.807, 2.05) is 35.4 Å². The van der Waals surface area contributed by atoms with E-state index in [1.165, 1.54) is 17.0 Å². The standard InChI is InChI=1S/C39H36F3N9O3/c40-24-7-9-29(41)26(19-24)31-4-2-13-49(31)34-12-14-51-37(45-34)27(20-43-51)30-3-1-5-33(44-30)48-17-15-47(16-18-48)21-23-6-8-25-28(36(23)42)22-50(39(25)54)32-10-11-35(52)46-38(32)53/h1,3,5-9,12,14,19-20,31-32H,2,4,10-11,13,15-18,21-22H2,(H,46,52,53). The van der Waals surface area contributed by atoms with Crippen LogP contribution in [0.1, 0.15) is 58.8 Å². The fraction of sp³-hybridized carbons (Fsp3) is 0.333. The minimum absolute atomic E-state index is 0.00684. The summed E-state index contributed by atoms with van der Waals surface area (Å²) in [5.74, 6) is -1.18. The Balaban J connectivity index is 0.879. The molecule has 0 bridgehead atoms. The topological polar surface area (TPSA) is 119 Å². The third-order valence-electron chi connectivity index (χ3n) is 11.0. The van der Waals surface area contributed by atoms with E-state index in [1.54, 1.807) is 22.8 Å². The first kappa shape index (κ1) is 34.0. The highest BCUT2D eigenvalue weighted by Crippen LogP contribution is 2.38. The lowest BCUT2D eigenvalue weighted by molar-refractivity contribution is -0.136. The van der Waals surface area contributed by atoms with Gasteiger partial charge in [0.15, 0.2) is 5.65 Å². The van der Waals surface area contributed by atoms with Gasteiger partial charge in [-0.25, -0.2) is 27.7 Å². The third-order valence-corrected chi connectivity index (χ3v) is 11.0. The van der Waals surface area contributed by atoms with Crippen LogP contribution in [0.25, 0.3) is 16.9 Å². The van der Waals surface area contributed by atoms with Gasteiger partial charge in [-0.2, -0.15) is 5.10 Å². The van der Waals surface area contributed by atoms with Gasteiger partial charge in [0.1, 0.15) is 35.1 Å². The molecule has 276 valence electrons. The summed E-state index contributed by atoms with van der Waals surface area (Å²) in [6, 6.07) is 13.4. The maximum Gasteiger partial charge on any atom is 0.255 e. The number of benzene rings is 2. The van der Waals surface area contributed by atoms with Gasteiger partial charge >= 0.3 is 0 Å². The lowest BCUT2D eigenvalue weighted by atomic mass is 10.0. The number of pyridine rings is 1. The van der Waals surface area contributed by atoms with E-state index < -0.39 is 35.3 Å². The zero-order chi connectivity index (χ0) is 37.1. The van der Waals surface area contributed by atoms with Crippen molar-refractivity contribution in [1.82, 2.24) is 34.7 Å². The Kier molecular flexibility index (Phi) is 8.52. The van der Waals surface area contributed by atoms with Gasteiger partial charge < -0.3 is 14.7 Å². The van der Waals surface area contributed by atoms with E-state index in [0.29, 0.717) is 74.0 Å². The molecule has 1 N–H and O–H groups in total. The first-order valence-electron chi connectivity index (χ1n) is 18.2. The second-order valence-electron chi connectivity index (χ2n) is 14.2. The third kappa shape index (κ3) is 6.01. The van der Waals surface area contributed by atoms with Gasteiger partial charge in [-0.1, -0.05) is 12.1 Å². The molecule has 9 rings (SSSR count). The minimum atomic E-state index is -0.796. The molecule has 5 aromatic rings. The number of nitrogens with zero attached hydrogens (tertiary/aromatic N) is 8. The van der Waals surface area contributed by atoms with Crippen LogP contribution in [0.3, 0.4) is 0 Å². The SMILES string of the molecule is O=C1CCC(N2Cc3c(ccc(CN4CCN(c5cccc(-c6cnn7ccc(N8CCCC8c8cc(F)ccc8F)nc67)n5)CC4)c3F)C2=O)C(=O)N1. The molecule has 2 unspecified atom stereocenters. The fourth-order valence-corrected chi connectivity index (χ4v) is 8.23. The summed E-state index contributed by atoms with van der Waals surface area (Å²) < 4.78 is 46.4. The number of imide groups is 1. The summed E-state index contributed by atoms with van der Waals surface area (Å²) in [6.45, 7) is 3.67. The van der Waals surface area contributed by atoms with Crippen LogP contribution in [-0.4, -0.2) is 85.9 Å². The molecule has 3 aromatic heterocycles. The quantitative estimate of drug-likeness (QED) is 0.239. The number of amides is 3. The highest BCUT2D eigenvalue weighted by molar-refractivity contribution is 6.05. The van der Waals surface area contributed by atoms with Crippen LogP contribution < -0.4 is 15.1 Å².